The van der Waals surface area contributed by atoms with Crippen LogP contribution in [0, 0.1) is 29.6 Å². The third-order valence-corrected chi connectivity index (χ3v) is 30.0. The highest BCUT2D eigenvalue weighted by molar-refractivity contribution is 8.76. The lowest BCUT2D eigenvalue weighted by molar-refractivity contribution is -0.142. The number of fused-ring (bicyclic) bond motifs is 2. The monoisotopic (exact) mass is 2050 g/mol. The number of unbranched alkanes of at least 4 members (excludes halogenated alkanes) is 2. The minimum absolute atomic E-state index is 0.00346. The number of aliphatic carboxylic acids is 5. The molecular formula is C91H148N22O27S2. The van der Waals surface area contributed by atoms with Gasteiger partial charge in [-0.2, -0.15) is 0 Å². The topological polar surface area (TPSA) is 743 Å². The number of likely N-dealkylation sites (tertiary alicyclic amines) is 1. The van der Waals surface area contributed by atoms with Crippen LogP contribution in [0.5, 0.6) is 0 Å². The van der Waals surface area contributed by atoms with Crippen molar-refractivity contribution < 1.29 is 131 Å². The third-order valence-electron chi connectivity index (χ3n) is 27.5. The molecule has 8 rings (SSSR count). The first-order chi connectivity index (χ1) is 67.6. The molecule has 0 aromatic rings. The van der Waals surface area contributed by atoms with Crippen molar-refractivity contribution in [3.63, 3.8) is 0 Å². The number of hydrogen-bond donors (Lipinski definition) is 23. The fourth-order valence-corrected chi connectivity index (χ4v) is 22.4. The Morgan fingerprint density at radius 2 is 0.993 bits per heavy atom. The molecule has 0 spiro atoms. The van der Waals surface area contributed by atoms with E-state index in [9.17, 15) is 93.0 Å². The number of aliphatic hydroxyl groups is 1. The summed E-state index contributed by atoms with van der Waals surface area (Å²) in [5.74, 6) is -24.4. The van der Waals surface area contributed by atoms with Crippen molar-refractivity contribution in [3.8, 4) is 0 Å². The molecule has 51 heteroatoms. The van der Waals surface area contributed by atoms with Crippen LogP contribution in [0.3, 0.4) is 0 Å². The standard InChI is InChI=1S/C91H148N22O27S2/c1-51(2)36-62-83(132)99-60(24-25-71(92)115)82(131)103-63(38-54-43-96-58-19-11-9-17-56(54)58)84(133)105-65(40-72(93)116)86(135)108-69(91(140)113-27-13-20-70(113)90(139)100-59(23-22-52-14-5-3-6-15-52)81(130)101-61(80(94)129)41-75(119)120)50-142-141-49-68(89(138)104-64(85(134)102-62)39-55-37-53-16-8-10-18-57(53)97-55)107-87(136)66(42-76(121)122)106-88(137)67(48-114)98-73(117)21-7-4-12-26-95-74(118)44-109-28-30-110(45-77(123)124)32-34-112(47-79(127)128)35-33-111(31-29-109)46-78(125)126/h51-70,96-97,114H,3-50H2,1-2H3,(H2,92,115)(H2,93,116)(H2,94,129)(H,95,118)(H,98,117)(H,99,132)(H,100,139)(H,101,130)(H,102,134)(H,103,131)(H,104,138)(H,105,133)(H,106,137)(H,107,136)(H,108,135)(H,119,120)(H,121,122)(H,123,124)(H,125,126)(H,127,128)/t53?,54?,55?,56?,57?,58?,59-,60-,61-,62-,63-,64-,65-,66-,67-,68-,69-,70-/m0/s1. The smallest absolute Gasteiger partial charge is 0.317 e. The number of primary amides is 3. The minimum Gasteiger partial charge on any atom is -0.481 e. The van der Waals surface area contributed by atoms with E-state index < -0.39 is 259 Å². The molecule has 0 aromatic heterocycles. The van der Waals surface area contributed by atoms with Crippen molar-refractivity contribution in [2.24, 2.45) is 46.8 Å². The quantitative estimate of drug-likeness (QED) is 0.0200. The van der Waals surface area contributed by atoms with Gasteiger partial charge in [0.2, 0.25) is 94.5 Å². The van der Waals surface area contributed by atoms with Crippen molar-refractivity contribution >= 4 is 146 Å². The number of nitrogens with two attached hydrogens (primary N) is 3. The van der Waals surface area contributed by atoms with Gasteiger partial charge in [0, 0.05) is 108 Å². The van der Waals surface area contributed by atoms with Crippen LogP contribution >= 0.6 is 21.6 Å². The van der Waals surface area contributed by atoms with Gasteiger partial charge in [0.25, 0.3) is 0 Å². The number of rotatable bonds is 44. The molecular weight excluding hydrogens is 1900 g/mol. The first-order valence-electron chi connectivity index (χ1n) is 49.7. The van der Waals surface area contributed by atoms with Crippen LogP contribution in [0.1, 0.15) is 206 Å². The van der Waals surface area contributed by atoms with Gasteiger partial charge in [-0.05, 0) is 132 Å². The Labute approximate surface area is 832 Å². The average Bonchev–Trinajstić information content (AvgIpc) is 1.64. The second-order valence-electron chi connectivity index (χ2n) is 39.0. The highest BCUT2D eigenvalue weighted by Crippen LogP contribution is 2.38. The molecule has 8 fully saturated rings. The molecule has 5 heterocycles. The van der Waals surface area contributed by atoms with E-state index in [4.69, 9.17) is 17.2 Å². The van der Waals surface area contributed by atoms with Crippen LogP contribution in [0.4, 0.5) is 0 Å². The first kappa shape index (κ1) is 117. The summed E-state index contributed by atoms with van der Waals surface area (Å²) >= 11 is 0. The van der Waals surface area contributed by atoms with Crippen LogP contribution in [-0.4, -0.2) is 386 Å². The zero-order valence-electron chi connectivity index (χ0n) is 81.0. The number of amides is 16. The van der Waals surface area contributed by atoms with Crippen molar-refractivity contribution in [1.82, 2.24) is 98.9 Å². The average molecular weight is 2050 g/mol. The molecule has 8 aliphatic rings. The van der Waals surface area contributed by atoms with E-state index in [-0.39, 0.29) is 179 Å². The molecule has 796 valence electrons. The molecule has 49 nitrogen and oxygen atoms in total. The van der Waals surface area contributed by atoms with E-state index in [2.05, 4.69) is 74.4 Å². The van der Waals surface area contributed by atoms with Crippen LogP contribution < -0.4 is 91.6 Å². The number of hydrogen-bond acceptors (Lipinski definition) is 30. The predicted octanol–water partition coefficient (Wildman–Crippen LogP) is -5.69. The van der Waals surface area contributed by atoms with E-state index in [1.807, 2.05) is 0 Å². The Morgan fingerprint density at radius 1 is 0.465 bits per heavy atom. The molecule has 18 atom stereocenters. The highest BCUT2D eigenvalue weighted by Gasteiger charge is 2.46. The summed E-state index contributed by atoms with van der Waals surface area (Å²) in [5.41, 5.74) is 17.1. The van der Waals surface area contributed by atoms with Gasteiger partial charge >= 0.3 is 29.8 Å². The summed E-state index contributed by atoms with van der Waals surface area (Å²) in [6, 6.07) is -21.0. The number of carboxylic acids is 5. The summed E-state index contributed by atoms with van der Waals surface area (Å²) in [4.78, 5) is 299. The molecule has 142 heavy (non-hydrogen) atoms. The molecule has 0 bridgehead atoms. The van der Waals surface area contributed by atoms with Crippen molar-refractivity contribution in [1.29, 1.82) is 0 Å². The van der Waals surface area contributed by atoms with Crippen LogP contribution in [0.25, 0.3) is 0 Å². The van der Waals surface area contributed by atoms with E-state index in [0.29, 0.717) is 32.2 Å². The lowest BCUT2D eigenvalue weighted by atomic mass is 9.77. The maximum Gasteiger partial charge on any atom is 0.317 e. The SMILES string of the molecule is CC(C)C[C@@H]1NC(=O)[C@H](CC2CC3CCCCC3N2)NC(=O)[C@@H](NC(=O)[C@H](CC(=O)O)NC(=O)[C@H](CO)NC(=O)CCCCCNC(=O)CN2CCN(CC(=O)O)CCN(CC(=O)O)CCN(CC(=O)O)CC2)CSSC[C@@H](C(=O)N2CCC[C@H]2C(=O)N[C@@H](CCC2CCCCC2)C(=O)N[C@@H](CC(=O)O)C(N)=O)NC(=O)[C@H](CC(N)=O)NC(=O)[C@H](CC2CNC3CCCCC23)NC(=O)[C@H](CCC(N)=O)NC1=O. The lowest BCUT2D eigenvalue weighted by Gasteiger charge is -2.32. The maximum atomic E-state index is 15.7. The molecule has 5 saturated heterocycles. The van der Waals surface area contributed by atoms with E-state index >= 15 is 38.4 Å². The van der Waals surface area contributed by atoms with Gasteiger partial charge in [0.1, 0.15) is 72.5 Å². The van der Waals surface area contributed by atoms with Gasteiger partial charge in [-0.1, -0.05) is 99.6 Å². The Balaban J connectivity index is 1.08. The summed E-state index contributed by atoms with van der Waals surface area (Å²) in [5, 5.41) is 97.7. The zero-order chi connectivity index (χ0) is 104. The second kappa shape index (κ2) is 59.5. The third kappa shape index (κ3) is 40.1. The number of nitrogens with one attached hydrogen (secondary N) is 14. The molecule has 6 unspecified atom stereocenters. The Bertz CT molecular complexity index is 4320. The Morgan fingerprint density at radius 3 is 1.58 bits per heavy atom. The van der Waals surface area contributed by atoms with Crippen LogP contribution in [-0.2, 0) is 101 Å². The van der Waals surface area contributed by atoms with Crippen molar-refractivity contribution in [3.05, 3.63) is 0 Å². The van der Waals surface area contributed by atoms with Gasteiger partial charge in [-0.25, -0.2) is 0 Å². The predicted molar refractivity (Wildman–Crippen MR) is 513 cm³/mol. The van der Waals surface area contributed by atoms with Gasteiger partial charge in [0.15, 0.2) is 0 Å². The number of carboxylic acid groups (broad SMARTS) is 5. The molecule has 0 radical (unpaired) electrons. The molecule has 16 amide bonds. The van der Waals surface area contributed by atoms with Crippen LogP contribution in [0.15, 0.2) is 0 Å². The fourth-order valence-electron chi connectivity index (χ4n) is 20.1. The molecule has 3 saturated carbocycles. The second-order valence-corrected chi connectivity index (χ2v) is 41.6. The zero-order valence-corrected chi connectivity index (χ0v) is 82.7. The summed E-state index contributed by atoms with van der Waals surface area (Å²) in [6.07, 6.45) is 8.30. The summed E-state index contributed by atoms with van der Waals surface area (Å²) in [6.45, 7) is 2.79. The van der Waals surface area contributed by atoms with E-state index in [1.54, 1.807) is 33.4 Å². The van der Waals surface area contributed by atoms with Gasteiger partial charge in [0.05, 0.1) is 52.0 Å². The minimum atomic E-state index is -2.13. The fraction of sp³-hybridized carbons (Fsp3) is 0.769. The normalized spacial score (nSPS) is 26.5. The molecule has 5 aliphatic heterocycles. The summed E-state index contributed by atoms with van der Waals surface area (Å²) in [7, 11) is 1.51. The van der Waals surface area contributed by atoms with Crippen LogP contribution in [0.2, 0.25) is 0 Å². The maximum absolute atomic E-state index is 15.7. The molecule has 26 N–H and O–H groups in total. The number of carbonyl (C=O) groups is 21. The number of aliphatic hydroxyl groups excluding tert-OH is 1. The van der Waals surface area contributed by atoms with Gasteiger partial charge < -0.3 is 127 Å². The summed E-state index contributed by atoms with van der Waals surface area (Å²) < 4.78 is 0. The van der Waals surface area contributed by atoms with E-state index in [0.717, 1.165) is 110 Å². The number of nitrogens with zero attached hydrogens (tertiary/aromatic N) is 5. The highest BCUT2D eigenvalue weighted by atomic mass is 33.1. The van der Waals surface area contributed by atoms with Crippen molar-refractivity contribution in [2.75, 3.05) is 116 Å². The largest absolute Gasteiger partial charge is 0.481 e. The van der Waals surface area contributed by atoms with Crippen molar-refractivity contribution in [2.45, 2.75) is 297 Å². The van der Waals surface area contributed by atoms with Gasteiger partial charge in [-0.3, -0.25) is 120 Å². The Kier molecular flexibility index (Phi) is 48.8. The molecule has 0 aromatic carbocycles. The van der Waals surface area contributed by atoms with E-state index in [1.165, 1.54) is 0 Å². The lowest BCUT2D eigenvalue weighted by Crippen LogP contribution is -2.61. The van der Waals surface area contributed by atoms with Gasteiger partial charge in [-0.15, -0.1) is 0 Å². The molecule has 3 aliphatic carbocycles. The first-order valence-corrected chi connectivity index (χ1v) is 52.2. The Hall–Kier alpha value is -10.7. The number of carbonyl (C=O) groups excluding carboxylic acids is 16.